The molecule has 0 radical (unpaired) electrons. The zero-order valence-electron chi connectivity index (χ0n) is 25.9. The quantitative estimate of drug-likeness (QED) is 0.435. The van der Waals surface area contributed by atoms with Crippen molar-refractivity contribution in [2.24, 2.45) is 34.2 Å². The maximum Gasteiger partial charge on any atom is 0.481 e. The van der Waals surface area contributed by atoms with Crippen LogP contribution in [0.3, 0.4) is 0 Å². The van der Waals surface area contributed by atoms with Gasteiger partial charge in [-0.2, -0.15) is 0 Å². The molecule has 43 heavy (non-hydrogen) atoms. The van der Waals surface area contributed by atoms with E-state index in [0.717, 1.165) is 36.5 Å². The van der Waals surface area contributed by atoms with Crippen LogP contribution in [-0.4, -0.2) is 59.4 Å². The molecule has 228 valence electrons. The van der Waals surface area contributed by atoms with Crippen molar-refractivity contribution in [3.8, 4) is 0 Å². The van der Waals surface area contributed by atoms with Gasteiger partial charge in [0.05, 0.1) is 35.8 Å². The Kier molecular flexibility index (Phi) is 6.89. The third-order valence-electron chi connectivity index (χ3n) is 11.4. The SMILES string of the molecule is CC(C)C[C@H](NC(=O)C12CCCC1C(CNC(=O)c1nccc3ccccc13)=NO2)B1O[C@@H]2C[C@@H]3C[C@@H](C3(C)C)[C@]2(C)O1. The van der Waals surface area contributed by atoms with Crippen LogP contribution in [0.4, 0.5) is 0 Å². The van der Waals surface area contributed by atoms with Gasteiger partial charge in [0.2, 0.25) is 5.60 Å². The number of aromatic nitrogens is 1. The lowest BCUT2D eigenvalue weighted by Crippen LogP contribution is -2.65. The summed E-state index contributed by atoms with van der Waals surface area (Å²) in [5.41, 5.74) is -0.104. The van der Waals surface area contributed by atoms with Crippen LogP contribution in [0.1, 0.15) is 83.6 Å². The number of hydrogen-bond acceptors (Lipinski definition) is 7. The minimum Gasteiger partial charge on any atom is -0.404 e. The molecule has 2 N–H and O–H groups in total. The lowest BCUT2D eigenvalue weighted by atomic mass is 9.43. The number of nitrogens with zero attached hydrogens (tertiary/aromatic N) is 2. The largest absolute Gasteiger partial charge is 0.481 e. The Balaban J connectivity index is 1.04. The Bertz CT molecular complexity index is 1470. The van der Waals surface area contributed by atoms with Crippen molar-refractivity contribution in [2.45, 2.75) is 96.4 Å². The van der Waals surface area contributed by atoms with Gasteiger partial charge >= 0.3 is 7.12 Å². The van der Waals surface area contributed by atoms with Crippen LogP contribution in [-0.2, 0) is 18.9 Å². The summed E-state index contributed by atoms with van der Waals surface area (Å²) in [5, 5.41) is 12.4. The fraction of sp³-hybridized carbons (Fsp3) is 0.636. The summed E-state index contributed by atoms with van der Waals surface area (Å²) in [7, 11) is -0.498. The fourth-order valence-electron chi connectivity index (χ4n) is 8.86. The summed E-state index contributed by atoms with van der Waals surface area (Å²) in [5.74, 6) is 0.511. The molecule has 2 aromatic rings. The minimum absolute atomic E-state index is 0.0516. The van der Waals surface area contributed by atoms with E-state index in [9.17, 15) is 9.59 Å². The molecule has 8 rings (SSSR count). The predicted octanol–water partition coefficient (Wildman–Crippen LogP) is 4.69. The summed E-state index contributed by atoms with van der Waals surface area (Å²) in [6.45, 7) is 11.4. The van der Waals surface area contributed by atoms with E-state index < -0.39 is 12.7 Å². The summed E-state index contributed by atoms with van der Waals surface area (Å²) < 4.78 is 13.4. The molecule has 2 unspecified atom stereocenters. The molecule has 9 nitrogen and oxygen atoms in total. The van der Waals surface area contributed by atoms with Gasteiger partial charge < -0.3 is 24.8 Å². The highest BCUT2D eigenvalue weighted by Gasteiger charge is 2.69. The lowest BCUT2D eigenvalue weighted by molar-refractivity contribution is -0.199. The van der Waals surface area contributed by atoms with Crippen LogP contribution < -0.4 is 10.6 Å². The first-order chi connectivity index (χ1) is 20.5. The lowest BCUT2D eigenvalue weighted by Gasteiger charge is -2.64. The van der Waals surface area contributed by atoms with Gasteiger partial charge in [-0.05, 0) is 80.1 Å². The van der Waals surface area contributed by atoms with Crippen molar-refractivity contribution < 1.29 is 23.7 Å². The minimum atomic E-state index is -1.08. The van der Waals surface area contributed by atoms with Gasteiger partial charge in [-0.15, -0.1) is 0 Å². The van der Waals surface area contributed by atoms with E-state index in [4.69, 9.17) is 14.1 Å². The first kappa shape index (κ1) is 28.8. The van der Waals surface area contributed by atoms with Gasteiger partial charge in [0.25, 0.3) is 11.8 Å². The second-order valence-corrected chi connectivity index (χ2v) is 14.6. The number of nitrogens with one attached hydrogen (secondary N) is 2. The topological polar surface area (TPSA) is 111 Å². The van der Waals surface area contributed by atoms with Crippen LogP contribution >= 0.6 is 0 Å². The van der Waals surface area contributed by atoms with Gasteiger partial charge in [0.15, 0.2) is 0 Å². The van der Waals surface area contributed by atoms with Gasteiger partial charge in [-0.3, -0.25) is 14.6 Å². The fourth-order valence-corrected chi connectivity index (χ4v) is 8.86. The normalized spacial score (nSPS) is 34.2. The van der Waals surface area contributed by atoms with Crippen molar-refractivity contribution in [3.63, 3.8) is 0 Å². The molecule has 5 fully saturated rings. The second kappa shape index (κ2) is 10.3. The average molecular weight is 587 g/mol. The Hall–Kier alpha value is -2.98. The highest BCUT2D eigenvalue weighted by Crippen LogP contribution is 2.65. The molecule has 10 heteroatoms. The second-order valence-electron chi connectivity index (χ2n) is 14.6. The molecule has 1 aromatic carbocycles. The Morgan fingerprint density at radius 3 is 2.74 bits per heavy atom. The zero-order chi connectivity index (χ0) is 30.1. The van der Waals surface area contributed by atoms with E-state index in [-0.39, 0.29) is 47.3 Å². The zero-order valence-corrected chi connectivity index (χ0v) is 25.9. The maximum absolute atomic E-state index is 14.1. The van der Waals surface area contributed by atoms with Crippen LogP contribution in [0.25, 0.3) is 10.8 Å². The van der Waals surface area contributed by atoms with Crippen molar-refractivity contribution in [3.05, 3.63) is 42.2 Å². The average Bonchev–Trinajstić information content (AvgIpc) is 3.67. The Labute approximate surface area is 254 Å². The van der Waals surface area contributed by atoms with E-state index in [0.29, 0.717) is 35.6 Å². The summed E-state index contributed by atoms with van der Waals surface area (Å²) in [6.07, 6.45) is 6.82. The molecule has 2 amide bonds. The van der Waals surface area contributed by atoms with E-state index in [2.05, 4.69) is 55.4 Å². The number of fused-ring (bicyclic) bond motifs is 2. The number of oxime groups is 1. The number of rotatable bonds is 8. The van der Waals surface area contributed by atoms with Crippen LogP contribution in [0.15, 0.2) is 41.7 Å². The highest BCUT2D eigenvalue weighted by atomic mass is 16.7. The highest BCUT2D eigenvalue weighted by molar-refractivity contribution is 6.48. The third kappa shape index (κ3) is 4.50. The van der Waals surface area contributed by atoms with Crippen molar-refractivity contribution in [2.75, 3.05) is 6.54 Å². The standard InChI is InChI=1S/C33H43BN4O5/c1-19(2)15-27(34-41-26-17-21-16-25(31(21,3)4)32(26,5)42-34)37-30(40)33-13-8-11-23(33)24(38-43-33)18-36-29(39)28-22-10-7-6-9-20(22)12-14-35-28/h6-7,9-10,12,14,19,21,23,25-27H,8,11,13,15-18H2,1-5H3,(H,36,39)(H,37,40)/t21-,23?,25-,26+,27-,32-,33?/m0/s1. The van der Waals surface area contributed by atoms with Crippen LogP contribution in [0.5, 0.6) is 0 Å². The van der Waals surface area contributed by atoms with Crippen LogP contribution in [0.2, 0.25) is 0 Å². The molecule has 2 bridgehead atoms. The van der Waals surface area contributed by atoms with Gasteiger partial charge in [0.1, 0.15) is 5.69 Å². The number of benzene rings is 1. The molecular weight excluding hydrogens is 543 g/mol. The van der Waals surface area contributed by atoms with E-state index in [1.165, 1.54) is 6.42 Å². The predicted molar refractivity (Wildman–Crippen MR) is 164 cm³/mol. The molecule has 2 aliphatic heterocycles. The molecular formula is C33H43BN4O5. The van der Waals surface area contributed by atoms with Gasteiger partial charge in [-0.1, -0.05) is 57.1 Å². The van der Waals surface area contributed by atoms with Crippen LogP contribution in [0, 0.1) is 29.1 Å². The molecule has 4 aliphatic carbocycles. The molecule has 1 aromatic heterocycles. The molecule has 4 saturated carbocycles. The smallest absolute Gasteiger partial charge is 0.404 e. The molecule has 0 spiro atoms. The number of carbonyl (C=O) groups is 2. The Morgan fingerprint density at radius 2 is 1.95 bits per heavy atom. The van der Waals surface area contributed by atoms with Crippen molar-refractivity contribution in [1.29, 1.82) is 0 Å². The first-order valence-electron chi connectivity index (χ1n) is 16.0. The molecule has 1 saturated heterocycles. The van der Waals surface area contributed by atoms with Gasteiger partial charge in [0, 0.05) is 11.6 Å². The van der Waals surface area contributed by atoms with E-state index in [1.54, 1.807) is 6.20 Å². The van der Waals surface area contributed by atoms with Crippen molar-refractivity contribution >= 4 is 35.4 Å². The summed E-state index contributed by atoms with van der Waals surface area (Å²) in [4.78, 5) is 37.6. The number of hydrogen-bond donors (Lipinski definition) is 2. The number of pyridine rings is 1. The number of amides is 2. The molecule has 7 atom stereocenters. The monoisotopic (exact) mass is 586 g/mol. The van der Waals surface area contributed by atoms with E-state index >= 15 is 0 Å². The molecule has 3 heterocycles. The first-order valence-corrected chi connectivity index (χ1v) is 16.0. The van der Waals surface area contributed by atoms with Crippen molar-refractivity contribution in [1.82, 2.24) is 15.6 Å². The number of carbonyl (C=O) groups excluding carboxylic acids is 2. The maximum atomic E-state index is 14.1. The van der Waals surface area contributed by atoms with Gasteiger partial charge in [-0.25, -0.2) is 0 Å². The Morgan fingerprint density at radius 1 is 1.14 bits per heavy atom. The third-order valence-corrected chi connectivity index (χ3v) is 11.4. The van der Waals surface area contributed by atoms with E-state index in [1.807, 2.05) is 30.3 Å². The molecule has 6 aliphatic rings. The summed E-state index contributed by atoms with van der Waals surface area (Å²) in [6, 6.07) is 9.57. The summed E-state index contributed by atoms with van der Waals surface area (Å²) >= 11 is 0.